The summed E-state index contributed by atoms with van der Waals surface area (Å²) in [7, 11) is 3.88. The maximum Gasteiger partial charge on any atom is 0.251 e. The van der Waals surface area contributed by atoms with Crippen molar-refractivity contribution in [2.45, 2.75) is 12.5 Å². The molecule has 1 amide bonds. The fourth-order valence-corrected chi connectivity index (χ4v) is 2.69. The molecular formula is C16H20N2O2S. The van der Waals surface area contributed by atoms with Gasteiger partial charge in [0.15, 0.2) is 0 Å². The number of carbonyl (C=O) groups is 1. The molecule has 21 heavy (non-hydrogen) atoms. The number of nitrogens with one attached hydrogen (secondary N) is 1. The lowest BCUT2D eigenvalue weighted by Crippen LogP contribution is -2.25. The third-order valence-corrected chi connectivity index (χ3v) is 3.96. The number of hydrogen-bond donors (Lipinski definition) is 2. The molecule has 0 fully saturated rings. The summed E-state index contributed by atoms with van der Waals surface area (Å²) >= 11 is 1.56. The molecule has 1 atom stereocenters. The van der Waals surface area contributed by atoms with E-state index in [9.17, 15) is 9.90 Å². The third kappa shape index (κ3) is 4.31. The lowest BCUT2D eigenvalue weighted by Gasteiger charge is -2.14. The summed E-state index contributed by atoms with van der Waals surface area (Å²) in [5, 5.41) is 16.7. The normalized spacial score (nSPS) is 12.0. The average molecular weight is 304 g/mol. The smallest absolute Gasteiger partial charge is 0.251 e. The van der Waals surface area contributed by atoms with Crippen LogP contribution in [0.25, 0.3) is 0 Å². The van der Waals surface area contributed by atoms with Gasteiger partial charge in [-0.3, -0.25) is 4.79 Å². The van der Waals surface area contributed by atoms with Crippen molar-refractivity contribution in [3.8, 4) is 0 Å². The summed E-state index contributed by atoms with van der Waals surface area (Å²) in [5.74, 6) is -0.115. The summed E-state index contributed by atoms with van der Waals surface area (Å²) in [6.07, 6.45) is -0.0137. The largest absolute Gasteiger partial charge is 0.388 e. The SMILES string of the molecule is CN(C)c1cccc(C(=O)NCCC(O)c2ccsc2)c1. The monoisotopic (exact) mass is 304 g/mol. The zero-order valence-corrected chi connectivity index (χ0v) is 13.1. The number of thiophene rings is 1. The van der Waals surface area contributed by atoms with Crippen molar-refractivity contribution >= 4 is 22.9 Å². The van der Waals surface area contributed by atoms with Crippen LogP contribution in [0.3, 0.4) is 0 Å². The predicted molar refractivity (Wildman–Crippen MR) is 87.0 cm³/mol. The number of hydrogen-bond acceptors (Lipinski definition) is 4. The number of nitrogens with zero attached hydrogens (tertiary/aromatic N) is 1. The summed E-state index contributed by atoms with van der Waals surface area (Å²) in [6.45, 7) is 0.446. The molecule has 2 rings (SSSR count). The van der Waals surface area contributed by atoms with Crippen molar-refractivity contribution in [1.82, 2.24) is 5.32 Å². The van der Waals surface area contributed by atoms with Gasteiger partial charge in [0.2, 0.25) is 0 Å². The van der Waals surface area contributed by atoms with Crippen molar-refractivity contribution in [3.05, 3.63) is 52.2 Å². The number of rotatable bonds is 6. The maximum absolute atomic E-state index is 12.1. The van der Waals surface area contributed by atoms with E-state index >= 15 is 0 Å². The Morgan fingerprint density at radius 3 is 2.86 bits per heavy atom. The van der Waals surface area contributed by atoms with Gasteiger partial charge in [-0.2, -0.15) is 11.3 Å². The lowest BCUT2D eigenvalue weighted by atomic mass is 10.1. The number of anilines is 1. The average Bonchev–Trinajstić information content (AvgIpc) is 3.01. The van der Waals surface area contributed by atoms with Crippen LogP contribution in [0.15, 0.2) is 41.1 Å². The fraction of sp³-hybridized carbons (Fsp3) is 0.312. The molecule has 0 saturated carbocycles. The van der Waals surface area contributed by atoms with Gasteiger partial charge < -0.3 is 15.3 Å². The van der Waals surface area contributed by atoms with Gasteiger partial charge in [0, 0.05) is 31.9 Å². The molecule has 1 aromatic heterocycles. The van der Waals surface area contributed by atoms with E-state index in [1.54, 1.807) is 17.4 Å². The van der Waals surface area contributed by atoms with Crippen LogP contribution in [0.1, 0.15) is 28.4 Å². The molecule has 0 bridgehead atoms. The zero-order chi connectivity index (χ0) is 15.2. The van der Waals surface area contributed by atoms with Gasteiger partial charge in [0.25, 0.3) is 5.91 Å². The highest BCUT2D eigenvalue weighted by Gasteiger charge is 2.10. The molecule has 0 radical (unpaired) electrons. The Balaban J connectivity index is 1.86. The van der Waals surface area contributed by atoms with Crippen LogP contribution < -0.4 is 10.2 Å². The van der Waals surface area contributed by atoms with Crippen LogP contribution in [-0.4, -0.2) is 31.7 Å². The zero-order valence-electron chi connectivity index (χ0n) is 12.2. The van der Waals surface area contributed by atoms with Crippen LogP contribution >= 0.6 is 11.3 Å². The standard InChI is InChI=1S/C16H20N2O2S/c1-18(2)14-5-3-4-12(10-14)16(20)17-8-6-15(19)13-7-9-21-11-13/h3-5,7,9-11,15,19H,6,8H2,1-2H3,(H,17,20). The first kappa shape index (κ1) is 15.5. The highest BCUT2D eigenvalue weighted by atomic mass is 32.1. The van der Waals surface area contributed by atoms with Crippen LogP contribution in [0.5, 0.6) is 0 Å². The number of aliphatic hydroxyl groups is 1. The summed E-state index contributed by atoms with van der Waals surface area (Å²) < 4.78 is 0. The van der Waals surface area contributed by atoms with Gasteiger partial charge in [0.1, 0.15) is 0 Å². The quantitative estimate of drug-likeness (QED) is 0.862. The number of amides is 1. The van der Waals surface area contributed by atoms with Crippen LogP contribution in [0.4, 0.5) is 5.69 Å². The van der Waals surface area contributed by atoms with E-state index in [1.807, 2.05) is 54.0 Å². The van der Waals surface area contributed by atoms with Crippen molar-refractivity contribution < 1.29 is 9.90 Å². The van der Waals surface area contributed by atoms with Crippen molar-refractivity contribution in [2.24, 2.45) is 0 Å². The van der Waals surface area contributed by atoms with Gasteiger partial charge in [-0.25, -0.2) is 0 Å². The molecule has 4 nitrogen and oxygen atoms in total. The summed E-state index contributed by atoms with van der Waals surface area (Å²) in [5.41, 5.74) is 2.52. The minimum absolute atomic E-state index is 0.115. The fourth-order valence-electron chi connectivity index (χ4n) is 1.98. The van der Waals surface area contributed by atoms with Crippen LogP contribution in [0.2, 0.25) is 0 Å². The van der Waals surface area contributed by atoms with Gasteiger partial charge in [0.05, 0.1) is 6.10 Å². The number of aliphatic hydroxyl groups excluding tert-OH is 1. The van der Waals surface area contributed by atoms with E-state index in [-0.39, 0.29) is 5.91 Å². The van der Waals surface area contributed by atoms with Crippen LogP contribution in [-0.2, 0) is 0 Å². The molecule has 0 aliphatic heterocycles. The molecule has 1 aromatic carbocycles. The predicted octanol–water partition coefficient (Wildman–Crippen LogP) is 2.67. The second-order valence-electron chi connectivity index (χ2n) is 5.06. The molecule has 0 saturated heterocycles. The first-order valence-corrected chi connectivity index (χ1v) is 7.78. The Hall–Kier alpha value is -1.85. The Morgan fingerprint density at radius 1 is 1.38 bits per heavy atom. The van der Waals surface area contributed by atoms with Gasteiger partial charge in [-0.15, -0.1) is 0 Å². The molecule has 0 spiro atoms. The van der Waals surface area contributed by atoms with Gasteiger partial charge >= 0.3 is 0 Å². The van der Waals surface area contributed by atoms with E-state index in [0.717, 1.165) is 11.3 Å². The number of benzene rings is 1. The molecule has 112 valence electrons. The Kier molecular flexibility index (Phi) is 5.36. The van der Waals surface area contributed by atoms with Gasteiger partial charge in [-0.05, 0) is 47.0 Å². The highest BCUT2D eigenvalue weighted by molar-refractivity contribution is 7.07. The molecule has 2 aromatic rings. The molecule has 2 N–H and O–H groups in total. The first-order valence-electron chi connectivity index (χ1n) is 6.83. The molecule has 5 heteroatoms. The van der Waals surface area contributed by atoms with E-state index < -0.39 is 6.10 Å². The van der Waals surface area contributed by atoms with Crippen molar-refractivity contribution in [2.75, 3.05) is 25.5 Å². The van der Waals surface area contributed by atoms with E-state index in [2.05, 4.69) is 5.32 Å². The molecule has 1 heterocycles. The summed E-state index contributed by atoms with van der Waals surface area (Å²) in [6, 6.07) is 9.36. The second-order valence-corrected chi connectivity index (χ2v) is 5.84. The summed E-state index contributed by atoms with van der Waals surface area (Å²) in [4.78, 5) is 14.0. The van der Waals surface area contributed by atoms with Crippen LogP contribution in [0, 0.1) is 0 Å². The highest BCUT2D eigenvalue weighted by Crippen LogP contribution is 2.18. The minimum atomic E-state index is -0.523. The first-order chi connectivity index (χ1) is 10.1. The molecule has 0 aliphatic carbocycles. The third-order valence-electron chi connectivity index (χ3n) is 3.26. The Bertz CT molecular complexity index is 582. The number of carbonyl (C=O) groups excluding carboxylic acids is 1. The molecule has 0 aliphatic rings. The Labute approximate surface area is 129 Å². The van der Waals surface area contributed by atoms with Crippen molar-refractivity contribution in [3.63, 3.8) is 0 Å². The minimum Gasteiger partial charge on any atom is -0.388 e. The van der Waals surface area contributed by atoms with Crippen molar-refractivity contribution in [1.29, 1.82) is 0 Å². The Morgan fingerprint density at radius 2 is 2.19 bits per heavy atom. The molecular weight excluding hydrogens is 284 g/mol. The van der Waals surface area contributed by atoms with E-state index in [0.29, 0.717) is 18.5 Å². The second kappa shape index (κ2) is 7.24. The van der Waals surface area contributed by atoms with E-state index in [1.165, 1.54) is 0 Å². The topological polar surface area (TPSA) is 52.6 Å². The van der Waals surface area contributed by atoms with Gasteiger partial charge in [-0.1, -0.05) is 6.07 Å². The maximum atomic E-state index is 12.1. The lowest BCUT2D eigenvalue weighted by molar-refractivity contribution is 0.0942. The van der Waals surface area contributed by atoms with E-state index in [4.69, 9.17) is 0 Å². The molecule has 1 unspecified atom stereocenters.